The van der Waals surface area contributed by atoms with Crippen LogP contribution in [0.15, 0.2) is 24.3 Å². The smallest absolute Gasteiger partial charge is 0.0446 e. The van der Waals surface area contributed by atoms with Gasteiger partial charge in [-0.2, -0.15) is 11.8 Å². The normalized spacial score (nSPS) is 18.8. The van der Waals surface area contributed by atoms with Crippen LogP contribution in [0.4, 0.5) is 0 Å². The van der Waals surface area contributed by atoms with Gasteiger partial charge in [0.1, 0.15) is 0 Å². The summed E-state index contributed by atoms with van der Waals surface area (Å²) in [5.41, 5.74) is 7.52. The van der Waals surface area contributed by atoms with E-state index in [0.29, 0.717) is 6.04 Å². The summed E-state index contributed by atoms with van der Waals surface area (Å²) in [5.74, 6) is 2.77. The summed E-state index contributed by atoms with van der Waals surface area (Å²) in [6, 6.07) is 8.44. The number of benzene rings is 1. The molecule has 1 aliphatic carbocycles. The molecule has 1 aromatic carbocycles. The molecular formula is C15H22ClNS. The molecule has 0 aliphatic heterocycles. The van der Waals surface area contributed by atoms with Crippen molar-refractivity contribution in [2.45, 2.75) is 43.9 Å². The predicted molar refractivity (Wildman–Crippen MR) is 82.2 cm³/mol. The molecular weight excluding hydrogens is 262 g/mol. The molecule has 1 fully saturated rings. The molecule has 3 heteroatoms. The molecule has 0 radical (unpaired) electrons. The summed E-state index contributed by atoms with van der Waals surface area (Å²) >= 11 is 8.06. The van der Waals surface area contributed by atoms with Crippen LogP contribution in [-0.4, -0.2) is 11.8 Å². The third kappa shape index (κ3) is 4.18. The molecule has 0 amide bonds. The lowest BCUT2D eigenvalue weighted by Crippen LogP contribution is -2.33. The molecule has 1 aliphatic rings. The Bertz CT molecular complexity index is 363. The lowest BCUT2D eigenvalue weighted by Gasteiger charge is -2.27. The van der Waals surface area contributed by atoms with Gasteiger partial charge in [-0.15, -0.1) is 0 Å². The molecule has 1 atom stereocenters. The minimum atomic E-state index is 0.359. The monoisotopic (exact) mass is 283 g/mol. The zero-order valence-electron chi connectivity index (χ0n) is 10.8. The standard InChI is InChI=1S/C15H22ClNS/c16-14-9-5-4-8-13(14)10-18-11-15(17)12-6-2-1-3-7-12/h4-5,8-9,12,15H,1-3,6-7,10-11,17H2. The highest BCUT2D eigenvalue weighted by molar-refractivity contribution is 7.98. The summed E-state index contributed by atoms with van der Waals surface area (Å²) in [6.45, 7) is 0. The first-order valence-electron chi connectivity index (χ1n) is 6.84. The van der Waals surface area contributed by atoms with Gasteiger partial charge in [-0.3, -0.25) is 0 Å². The van der Waals surface area contributed by atoms with Crippen molar-refractivity contribution in [3.05, 3.63) is 34.9 Å². The highest BCUT2D eigenvalue weighted by Gasteiger charge is 2.20. The molecule has 0 bridgehead atoms. The van der Waals surface area contributed by atoms with Crippen molar-refractivity contribution in [1.29, 1.82) is 0 Å². The van der Waals surface area contributed by atoms with E-state index in [-0.39, 0.29) is 0 Å². The van der Waals surface area contributed by atoms with Gasteiger partial charge in [0, 0.05) is 22.6 Å². The fourth-order valence-corrected chi connectivity index (χ4v) is 4.03. The second kappa shape index (κ2) is 7.42. The zero-order chi connectivity index (χ0) is 12.8. The maximum atomic E-state index is 6.30. The van der Waals surface area contributed by atoms with Crippen LogP contribution < -0.4 is 5.73 Å². The van der Waals surface area contributed by atoms with Crippen molar-refractivity contribution >= 4 is 23.4 Å². The van der Waals surface area contributed by atoms with Crippen molar-refractivity contribution in [3.63, 3.8) is 0 Å². The summed E-state index contributed by atoms with van der Waals surface area (Å²) in [5, 5.41) is 0.872. The largest absolute Gasteiger partial charge is 0.327 e. The highest BCUT2D eigenvalue weighted by Crippen LogP contribution is 2.28. The first-order valence-corrected chi connectivity index (χ1v) is 8.37. The van der Waals surface area contributed by atoms with E-state index in [2.05, 4.69) is 6.07 Å². The van der Waals surface area contributed by atoms with Crippen molar-refractivity contribution in [1.82, 2.24) is 0 Å². The van der Waals surface area contributed by atoms with E-state index in [1.807, 2.05) is 30.0 Å². The molecule has 1 unspecified atom stereocenters. The Morgan fingerprint density at radius 1 is 1.22 bits per heavy atom. The van der Waals surface area contributed by atoms with Crippen LogP contribution in [0, 0.1) is 5.92 Å². The molecule has 1 aromatic rings. The second-order valence-corrected chi connectivity index (χ2v) is 6.61. The van der Waals surface area contributed by atoms with E-state index in [9.17, 15) is 0 Å². The minimum absolute atomic E-state index is 0.359. The van der Waals surface area contributed by atoms with Crippen LogP contribution in [0.1, 0.15) is 37.7 Å². The second-order valence-electron chi connectivity index (χ2n) is 5.17. The minimum Gasteiger partial charge on any atom is -0.327 e. The first kappa shape index (κ1) is 14.2. The summed E-state index contributed by atoms with van der Waals surface area (Å²) in [6.07, 6.45) is 6.79. The van der Waals surface area contributed by atoms with Gasteiger partial charge in [0.15, 0.2) is 0 Å². The molecule has 0 aromatic heterocycles. The fraction of sp³-hybridized carbons (Fsp3) is 0.600. The van der Waals surface area contributed by atoms with Crippen molar-refractivity contribution in [3.8, 4) is 0 Å². The van der Waals surface area contributed by atoms with Crippen molar-refractivity contribution < 1.29 is 0 Å². The van der Waals surface area contributed by atoms with Crippen LogP contribution >= 0.6 is 23.4 Å². The number of nitrogens with two attached hydrogens (primary N) is 1. The van der Waals surface area contributed by atoms with Gasteiger partial charge in [-0.25, -0.2) is 0 Å². The molecule has 0 spiro atoms. The number of halogens is 1. The van der Waals surface area contributed by atoms with Gasteiger partial charge >= 0.3 is 0 Å². The van der Waals surface area contributed by atoms with Crippen LogP contribution in [0.3, 0.4) is 0 Å². The summed E-state index contributed by atoms with van der Waals surface area (Å²) in [4.78, 5) is 0. The Hall–Kier alpha value is -0.180. The first-order chi connectivity index (χ1) is 8.77. The Kier molecular flexibility index (Phi) is 5.87. The summed E-state index contributed by atoms with van der Waals surface area (Å²) in [7, 11) is 0. The quantitative estimate of drug-likeness (QED) is 0.862. The van der Waals surface area contributed by atoms with Gasteiger partial charge in [0.2, 0.25) is 0 Å². The van der Waals surface area contributed by atoms with Gasteiger partial charge < -0.3 is 5.73 Å². The SMILES string of the molecule is NC(CSCc1ccccc1Cl)C1CCCCC1. The van der Waals surface area contributed by atoms with Gasteiger partial charge in [0.05, 0.1) is 0 Å². The average molecular weight is 284 g/mol. The van der Waals surface area contributed by atoms with Crippen LogP contribution in [0.25, 0.3) is 0 Å². The van der Waals surface area contributed by atoms with Crippen LogP contribution in [0.2, 0.25) is 5.02 Å². The lowest BCUT2D eigenvalue weighted by molar-refractivity contribution is 0.319. The van der Waals surface area contributed by atoms with Gasteiger partial charge in [0.25, 0.3) is 0 Å². The molecule has 1 nitrogen and oxygen atoms in total. The Morgan fingerprint density at radius 2 is 1.94 bits per heavy atom. The van der Waals surface area contributed by atoms with E-state index in [0.717, 1.165) is 22.4 Å². The van der Waals surface area contributed by atoms with Crippen LogP contribution in [0.5, 0.6) is 0 Å². The van der Waals surface area contributed by atoms with E-state index in [1.54, 1.807) is 0 Å². The third-order valence-electron chi connectivity index (χ3n) is 3.78. The Morgan fingerprint density at radius 3 is 2.67 bits per heavy atom. The molecule has 1 saturated carbocycles. The average Bonchev–Trinajstić information content (AvgIpc) is 2.42. The highest BCUT2D eigenvalue weighted by atomic mass is 35.5. The maximum absolute atomic E-state index is 6.30. The van der Waals surface area contributed by atoms with Gasteiger partial charge in [-0.05, 0) is 30.4 Å². The summed E-state index contributed by atoms with van der Waals surface area (Å²) < 4.78 is 0. The van der Waals surface area contributed by atoms with E-state index in [4.69, 9.17) is 17.3 Å². The van der Waals surface area contributed by atoms with E-state index >= 15 is 0 Å². The third-order valence-corrected chi connectivity index (χ3v) is 5.29. The molecule has 18 heavy (non-hydrogen) atoms. The van der Waals surface area contributed by atoms with E-state index < -0.39 is 0 Å². The topological polar surface area (TPSA) is 26.0 Å². The number of thioether (sulfide) groups is 1. The molecule has 2 N–H and O–H groups in total. The van der Waals surface area contributed by atoms with E-state index in [1.165, 1.54) is 37.7 Å². The molecule has 0 heterocycles. The maximum Gasteiger partial charge on any atom is 0.0446 e. The van der Waals surface area contributed by atoms with Gasteiger partial charge in [-0.1, -0.05) is 49.1 Å². The van der Waals surface area contributed by atoms with Crippen molar-refractivity contribution in [2.75, 3.05) is 5.75 Å². The molecule has 0 saturated heterocycles. The van der Waals surface area contributed by atoms with Crippen LogP contribution in [-0.2, 0) is 5.75 Å². The Labute approximate surface area is 119 Å². The number of rotatable bonds is 5. The van der Waals surface area contributed by atoms with Crippen molar-refractivity contribution in [2.24, 2.45) is 11.7 Å². The Balaban J connectivity index is 1.73. The predicted octanol–water partition coefficient (Wildman–Crippen LogP) is 4.48. The zero-order valence-corrected chi connectivity index (χ0v) is 12.3. The fourth-order valence-electron chi connectivity index (χ4n) is 2.62. The molecule has 100 valence electrons. The molecule has 2 rings (SSSR count). The number of hydrogen-bond donors (Lipinski definition) is 1. The lowest BCUT2D eigenvalue weighted by atomic mass is 9.85. The number of hydrogen-bond acceptors (Lipinski definition) is 2.